The summed E-state index contributed by atoms with van der Waals surface area (Å²) in [7, 11) is 3.76. The van der Waals surface area contributed by atoms with Crippen LogP contribution in [0, 0.1) is 0 Å². The van der Waals surface area contributed by atoms with E-state index in [9.17, 15) is 9.59 Å². The van der Waals surface area contributed by atoms with Crippen molar-refractivity contribution in [3.63, 3.8) is 0 Å². The van der Waals surface area contributed by atoms with Gasteiger partial charge in [-0.25, -0.2) is 0 Å². The molecule has 3 rings (SSSR count). The molecule has 0 radical (unpaired) electrons. The number of methoxy groups -OCH3 is 1. The van der Waals surface area contributed by atoms with E-state index >= 15 is 0 Å². The third-order valence-electron chi connectivity index (χ3n) is 5.35. The first kappa shape index (κ1) is 17.2. The number of carbonyl (C=O) groups excluding carboxylic acids is 1. The van der Waals surface area contributed by atoms with Crippen molar-refractivity contribution in [3.8, 4) is 0 Å². The van der Waals surface area contributed by atoms with Crippen molar-refractivity contribution in [2.75, 3.05) is 33.9 Å². The molecule has 1 aromatic rings. The van der Waals surface area contributed by atoms with Crippen LogP contribution in [0.2, 0.25) is 0 Å². The Morgan fingerprint density at radius 3 is 2.67 bits per heavy atom. The predicted octanol–water partition coefficient (Wildman–Crippen LogP) is 1.19. The lowest BCUT2D eigenvalue weighted by Crippen LogP contribution is -2.47. The number of ether oxygens (including phenoxy) is 1. The van der Waals surface area contributed by atoms with E-state index in [1.807, 2.05) is 4.90 Å². The van der Waals surface area contributed by atoms with Gasteiger partial charge >= 0.3 is 0 Å². The molecule has 2 saturated heterocycles. The van der Waals surface area contributed by atoms with Crippen LogP contribution in [0.5, 0.6) is 0 Å². The second kappa shape index (κ2) is 7.49. The molecule has 2 aliphatic rings. The molecule has 0 saturated carbocycles. The first-order chi connectivity index (χ1) is 11.6. The van der Waals surface area contributed by atoms with Crippen molar-refractivity contribution in [2.45, 2.75) is 44.3 Å². The van der Waals surface area contributed by atoms with Crippen LogP contribution in [-0.2, 0) is 11.3 Å². The van der Waals surface area contributed by atoms with Crippen molar-refractivity contribution < 1.29 is 9.53 Å². The summed E-state index contributed by atoms with van der Waals surface area (Å²) in [6.07, 6.45) is 6.19. The standard InChI is InChI=1S/C18H27N3O3/c1-19-9-3-5-15(19)16-6-4-10-21(16)18(23)14-7-8-17(22)20(13-14)11-12-24-2/h7-8,13,15-16H,3-6,9-12H2,1-2H3/t15-,16+/m1/s1. The van der Waals surface area contributed by atoms with Gasteiger partial charge in [-0.05, 0) is 45.3 Å². The molecule has 6 heteroatoms. The molecule has 0 spiro atoms. The minimum absolute atomic E-state index is 0.0453. The SMILES string of the molecule is COCCn1cc(C(=O)N2CCC[C@H]2[C@H]2CCCN2C)ccc1=O. The summed E-state index contributed by atoms with van der Waals surface area (Å²) in [5, 5.41) is 0. The largest absolute Gasteiger partial charge is 0.383 e. The van der Waals surface area contributed by atoms with Gasteiger partial charge in [0.05, 0.1) is 12.2 Å². The van der Waals surface area contributed by atoms with Crippen LogP contribution in [0.15, 0.2) is 23.1 Å². The lowest BCUT2D eigenvalue weighted by molar-refractivity contribution is 0.0663. The zero-order valence-corrected chi connectivity index (χ0v) is 14.6. The van der Waals surface area contributed by atoms with Gasteiger partial charge in [0.25, 0.3) is 11.5 Å². The number of hydrogen-bond acceptors (Lipinski definition) is 4. The lowest BCUT2D eigenvalue weighted by atomic mass is 10.0. The van der Waals surface area contributed by atoms with E-state index in [0.29, 0.717) is 30.8 Å². The maximum atomic E-state index is 13.0. The van der Waals surface area contributed by atoms with Crippen LogP contribution in [0.4, 0.5) is 0 Å². The fraction of sp³-hybridized carbons (Fsp3) is 0.667. The third kappa shape index (κ3) is 3.39. The van der Waals surface area contributed by atoms with Gasteiger partial charge in [-0.15, -0.1) is 0 Å². The molecule has 6 nitrogen and oxygen atoms in total. The summed E-state index contributed by atoms with van der Waals surface area (Å²) in [5.74, 6) is 0.0453. The Hall–Kier alpha value is -1.66. The van der Waals surface area contributed by atoms with E-state index < -0.39 is 0 Å². The Labute approximate surface area is 143 Å². The minimum atomic E-state index is -0.0999. The second-order valence-corrected chi connectivity index (χ2v) is 6.84. The van der Waals surface area contributed by atoms with Crippen molar-refractivity contribution in [1.29, 1.82) is 0 Å². The monoisotopic (exact) mass is 333 g/mol. The predicted molar refractivity (Wildman–Crippen MR) is 92.3 cm³/mol. The molecule has 0 aromatic carbocycles. The second-order valence-electron chi connectivity index (χ2n) is 6.84. The molecule has 2 atom stereocenters. The van der Waals surface area contributed by atoms with Crippen LogP contribution in [0.1, 0.15) is 36.0 Å². The minimum Gasteiger partial charge on any atom is -0.383 e. The number of pyridine rings is 1. The molecule has 3 heterocycles. The van der Waals surface area contributed by atoms with Gasteiger partial charge in [0.2, 0.25) is 0 Å². The molecule has 0 aliphatic carbocycles. The highest BCUT2D eigenvalue weighted by molar-refractivity contribution is 5.94. The number of nitrogens with zero attached hydrogens (tertiary/aromatic N) is 3. The molecule has 0 N–H and O–H groups in total. The Bertz CT molecular complexity index is 643. The van der Waals surface area contributed by atoms with Gasteiger partial charge in [0.1, 0.15) is 0 Å². The number of likely N-dealkylation sites (tertiary alicyclic amines) is 2. The summed E-state index contributed by atoms with van der Waals surface area (Å²) in [5.41, 5.74) is 0.496. The first-order valence-electron chi connectivity index (χ1n) is 8.82. The summed E-state index contributed by atoms with van der Waals surface area (Å²) < 4.78 is 6.60. The summed E-state index contributed by atoms with van der Waals surface area (Å²) in [6.45, 7) is 2.85. The van der Waals surface area contributed by atoms with Gasteiger partial charge in [0.15, 0.2) is 0 Å². The highest BCUT2D eigenvalue weighted by atomic mass is 16.5. The highest BCUT2D eigenvalue weighted by Gasteiger charge is 2.38. The van der Waals surface area contributed by atoms with Crippen LogP contribution >= 0.6 is 0 Å². The van der Waals surface area contributed by atoms with Gasteiger partial charge in [0, 0.05) is 44.5 Å². The molecular formula is C18H27N3O3. The normalized spacial score (nSPS) is 24.7. The molecular weight excluding hydrogens is 306 g/mol. The molecule has 1 aromatic heterocycles. The number of hydrogen-bond donors (Lipinski definition) is 0. The average Bonchev–Trinajstić information content (AvgIpc) is 3.21. The van der Waals surface area contributed by atoms with Crippen molar-refractivity contribution in [3.05, 3.63) is 34.2 Å². The number of amides is 1. The van der Waals surface area contributed by atoms with E-state index in [0.717, 1.165) is 32.4 Å². The molecule has 2 aliphatic heterocycles. The van der Waals surface area contributed by atoms with Gasteiger partial charge < -0.3 is 19.1 Å². The number of rotatable bonds is 5. The summed E-state index contributed by atoms with van der Waals surface area (Å²) in [4.78, 5) is 29.3. The Kier molecular flexibility index (Phi) is 5.36. The molecule has 1 amide bonds. The fourth-order valence-electron chi connectivity index (χ4n) is 4.05. The van der Waals surface area contributed by atoms with E-state index in [2.05, 4.69) is 11.9 Å². The zero-order valence-electron chi connectivity index (χ0n) is 14.6. The third-order valence-corrected chi connectivity index (χ3v) is 5.35. The van der Waals surface area contributed by atoms with Crippen LogP contribution in [-0.4, -0.2) is 66.2 Å². The number of likely N-dealkylation sites (N-methyl/N-ethyl adjacent to an activating group) is 1. The zero-order chi connectivity index (χ0) is 17.1. The maximum absolute atomic E-state index is 13.0. The summed E-state index contributed by atoms with van der Waals surface area (Å²) >= 11 is 0. The fourth-order valence-corrected chi connectivity index (χ4v) is 4.05. The average molecular weight is 333 g/mol. The number of aromatic nitrogens is 1. The van der Waals surface area contributed by atoms with Crippen LogP contribution < -0.4 is 5.56 Å². The quantitative estimate of drug-likeness (QED) is 0.812. The van der Waals surface area contributed by atoms with Crippen molar-refractivity contribution in [2.24, 2.45) is 0 Å². The Balaban J connectivity index is 1.79. The molecule has 132 valence electrons. The van der Waals surface area contributed by atoms with Crippen molar-refractivity contribution >= 4 is 5.91 Å². The molecule has 2 fully saturated rings. The van der Waals surface area contributed by atoms with E-state index in [-0.39, 0.29) is 11.5 Å². The van der Waals surface area contributed by atoms with Gasteiger partial charge in [-0.1, -0.05) is 0 Å². The van der Waals surface area contributed by atoms with E-state index in [1.165, 1.54) is 12.5 Å². The van der Waals surface area contributed by atoms with Crippen LogP contribution in [0.3, 0.4) is 0 Å². The number of carbonyl (C=O) groups is 1. The smallest absolute Gasteiger partial charge is 0.255 e. The highest BCUT2D eigenvalue weighted by Crippen LogP contribution is 2.30. The van der Waals surface area contributed by atoms with Gasteiger partial charge in [-0.3, -0.25) is 9.59 Å². The van der Waals surface area contributed by atoms with Crippen molar-refractivity contribution in [1.82, 2.24) is 14.4 Å². The molecule has 0 bridgehead atoms. The van der Waals surface area contributed by atoms with Crippen LogP contribution in [0.25, 0.3) is 0 Å². The van der Waals surface area contributed by atoms with E-state index in [1.54, 1.807) is 23.9 Å². The topological polar surface area (TPSA) is 54.8 Å². The molecule has 0 unspecified atom stereocenters. The maximum Gasteiger partial charge on any atom is 0.255 e. The van der Waals surface area contributed by atoms with E-state index in [4.69, 9.17) is 4.74 Å². The lowest BCUT2D eigenvalue weighted by Gasteiger charge is -2.33. The molecule has 24 heavy (non-hydrogen) atoms. The Morgan fingerprint density at radius 2 is 1.96 bits per heavy atom. The van der Waals surface area contributed by atoms with Gasteiger partial charge in [-0.2, -0.15) is 0 Å². The summed E-state index contributed by atoms with van der Waals surface area (Å²) in [6, 6.07) is 3.90. The first-order valence-corrected chi connectivity index (χ1v) is 8.82. The Morgan fingerprint density at radius 1 is 1.21 bits per heavy atom.